The highest BCUT2D eigenvalue weighted by molar-refractivity contribution is 5.64. The van der Waals surface area contributed by atoms with Gasteiger partial charge in [0.05, 0.1) is 18.8 Å². The van der Waals surface area contributed by atoms with E-state index in [0.717, 1.165) is 5.56 Å². The van der Waals surface area contributed by atoms with Crippen LogP contribution in [0.4, 0.5) is 9.18 Å². The second-order valence-corrected chi connectivity index (χ2v) is 8.70. The molecule has 0 spiro atoms. The number of ether oxygens (including phenoxy) is 4. The van der Waals surface area contributed by atoms with Crippen molar-refractivity contribution in [3.63, 3.8) is 0 Å². The molecule has 0 amide bonds. The lowest BCUT2D eigenvalue weighted by Crippen LogP contribution is -2.40. The van der Waals surface area contributed by atoms with Crippen LogP contribution in [0.25, 0.3) is 11.1 Å². The first-order valence-electron chi connectivity index (χ1n) is 11.9. The molecule has 0 atom stereocenters. The molecular formula is C26H29FN4O6. The molecule has 196 valence electrons. The van der Waals surface area contributed by atoms with Gasteiger partial charge in [0.2, 0.25) is 17.6 Å². The number of aromatic nitrogens is 3. The first kappa shape index (κ1) is 26.1. The van der Waals surface area contributed by atoms with Crippen molar-refractivity contribution in [3.05, 3.63) is 54.2 Å². The maximum atomic E-state index is 14.9. The maximum absolute atomic E-state index is 14.9. The minimum absolute atomic E-state index is 0.0247. The quantitative estimate of drug-likeness (QED) is 0.378. The Morgan fingerprint density at radius 1 is 1.05 bits per heavy atom. The highest BCUT2D eigenvalue weighted by Gasteiger charge is 2.25. The third-order valence-corrected chi connectivity index (χ3v) is 5.62. The largest absolute Gasteiger partial charge is 0.528 e. The van der Waals surface area contributed by atoms with Gasteiger partial charge in [0, 0.05) is 43.8 Å². The number of carbonyl (C=O) groups excluding carboxylic acids is 1. The van der Waals surface area contributed by atoms with Crippen molar-refractivity contribution >= 4 is 6.16 Å². The monoisotopic (exact) mass is 512 g/mol. The zero-order valence-electron chi connectivity index (χ0n) is 21.1. The van der Waals surface area contributed by atoms with Gasteiger partial charge in [-0.3, -0.25) is 0 Å². The highest BCUT2D eigenvalue weighted by atomic mass is 19.1. The van der Waals surface area contributed by atoms with Gasteiger partial charge in [-0.15, -0.1) is 5.06 Å². The summed E-state index contributed by atoms with van der Waals surface area (Å²) in [5.41, 5.74) is 1.94. The number of nitrogens with zero attached hydrogens (tertiary/aromatic N) is 4. The van der Waals surface area contributed by atoms with E-state index in [1.165, 1.54) is 25.6 Å². The molecule has 11 heteroatoms. The molecule has 0 unspecified atom stereocenters. The van der Waals surface area contributed by atoms with E-state index in [9.17, 15) is 9.18 Å². The zero-order valence-corrected chi connectivity index (χ0v) is 21.1. The molecule has 1 saturated heterocycles. The Labute approximate surface area is 214 Å². The van der Waals surface area contributed by atoms with Crippen molar-refractivity contribution in [2.45, 2.75) is 45.8 Å². The normalized spacial score (nSPS) is 14.3. The van der Waals surface area contributed by atoms with Crippen LogP contribution < -0.4 is 14.2 Å². The van der Waals surface area contributed by atoms with E-state index in [0.29, 0.717) is 48.8 Å². The van der Waals surface area contributed by atoms with Crippen molar-refractivity contribution in [1.82, 2.24) is 20.0 Å². The Morgan fingerprint density at radius 2 is 1.78 bits per heavy atom. The summed E-state index contributed by atoms with van der Waals surface area (Å²) < 4.78 is 36.8. The Hall–Kier alpha value is -3.99. The topological polar surface area (TPSA) is 105 Å². The van der Waals surface area contributed by atoms with Crippen LogP contribution in [-0.4, -0.2) is 58.6 Å². The van der Waals surface area contributed by atoms with Gasteiger partial charge in [-0.2, -0.15) is 0 Å². The standard InChI is InChI=1S/C26H29FN4O6/c1-16(2)34-26(32)37-31-11-9-20(10-12-31)35-24-17(3)25(30-15-29-24)36-22-7-5-18(13-21(22)27)19-6-8-23(33-4)28-14-19/h5-8,13-16,20H,9-12H2,1-4H3. The lowest BCUT2D eigenvalue weighted by molar-refractivity contribution is -0.151. The number of benzene rings is 1. The zero-order chi connectivity index (χ0) is 26.4. The number of hydrogen-bond acceptors (Lipinski definition) is 10. The van der Waals surface area contributed by atoms with Crippen LogP contribution in [0.5, 0.6) is 23.4 Å². The molecule has 1 aliphatic heterocycles. The van der Waals surface area contributed by atoms with Gasteiger partial charge in [0.25, 0.3) is 0 Å². The number of piperidine rings is 1. The van der Waals surface area contributed by atoms with Gasteiger partial charge in [0.1, 0.15) is 12.4 Å². The van der Waals surface area contributed by atoms with Crippen molar-refractivity contribution in [1.29, 1.82) is 0 Å². The number of hydroxylamine groups is 2. The second-order valence-electron chi connectivity index (χ2n) is 8.70. The number of rotatable bonds is 8. The summed E-state index contributed by atoms with van der Waals surface area (Å²) in [4.78, 5) is 29.4. The van der Waals surface area contributed by atoms with E-state index in [1.807, 2.05) is 0 Å². The summed E-state index contributed by atoms with van der Waals surface area (Å²) in [6.07, 6.45) is 3.05. The Balaban J connectivity index is 1.37. The molecule has 0 saturated carbocycles. The van der Waals surface area contributed by atoms with Gasteiger partial charge in [-0.05, 0) is 44.5 Å². The number of carbonyl (C=O) groups is 1. The molecule has 0 aliphatic carbocycles. The average Bonchev–Trinajstić information content (AvgIpc) is 2.88. The Bertz CT molecular complexity index is 1220. The molecule has 10 nitrogen and oxygen atoms in total. The summed E-state index contributed by atoms with van der Waals surface area (Å²) in [6, 6.07) is 8.16. The van der Waals surface area contributed by atoms with Gasteiger partial charge in [0.15, 0.2) is 11.6 Å². The van der Waals surface area contributed by atoms with E-state index in [1.54, 1.807) is 50.2 Å². The molecule has 0 bridgehead atoms. The molecule has 1 aromatic carbocycles. The molecular weight excluding hydrogens is 483 g/mol. The third-order valence-electron chi connectivity index (χ3n) is 5.62. The Kier molecular flexibility index (Phi) is 8.34. The Morgan fingerprint density at radius 3 is 2.43 bits per heavy atom. The number of pyridine rings is 1. The predicted octanol–water partition coefficient (Wildman–Crippen LogP) is 5.11. The SMILES string of the molecule is COc1ccc(-c2ccc(Oc3ncnc(OC4CCN(OC(=O)OC(C)C)CC4)c3C)c(F)c2)cn1. The summed E-state index contributed by atoms with van der Waals surface area (Å²) in [5.74, 6) is 0.505. The van der Waals surface area contributed by atoms with Crippen LogP contribution in [0, 0.1) is 12.7 Å². The fraction of sp³-hybridized carbons (Fsp3) is 0.385. The van der Waals surface area contributed by atoms with Crippen LogP contribution in [0.2, 0.25) is 0 Å². The summed E-state index contributed by atoms with van der Waals surface area (Å²) in [5, 5.41) is 1.56. The highest BCUT2D eigenvalue weighted by Crippen LogP contribution is 2.32. The molecule has 3 heterocycles. The number of halogens is 1. The lowest BCUT2D eigenvalue weighted by Gasteiger charge is -2.30. The average molecular weight is 513 g/mol. The van der Waals surface area contributed by atoms with Crippen LogP contribution >= 0.6 is 0 Å². The third kappa shape index (κ3) is 6.82. The van der Waals surface area contributed by atoms with E-state index >= 15 is 0 Å². The van der Waals surface area contributed by atoms with Gasteiger partial charge >= 0.3 is 6.16 Å². The molecule has 37 heavy (non-hydrogen) atoms. The van der Waals surface area contributed by atoms with Crippen molar-refractivity contribution in [2.24, 2.45) is 0 Å². The fourth-order valence-electron chi connectivity index (χ4n) is 3.70. The van der Waals surface area contributed by atoms with Crippen molar-refractivity contribution < 1.29 is 33.0 Å². The second kappa shape index (κ2) is 11.8. The van der Waals surface area contributed by atoms with Crippen LogP contribution in [-0.2, 0) is 9.57 Å². The molecule has 0 N–H and O–H groups in total. The molecule has 1 fully saturated rings. The number of methoxy groups -OCH3 is 1. The lowest BCUT2D eigenvalue weighted by atomic mass is 10.1. The van der Waals surface area contributed by atoms with Crippen LogP contribution in [0.15, 0.2) is 42.9 Å². The van der Waals surface area contributed by atoms with Crippen LogP contribution in [0.3, 0.4) is 0 Å². The molecule has 3 aromatic rings. The minimum Gasteiger partial charge on any atom is -0.481 e. The van der Waals surface area contributed by atoms with E-state index < -0.39 is 12.0 Å². The minimum atomic E-state index is -0.719. The molecule has 1 aliphatic rings. The maximum Gasteiger partial charge on any atom is 0.528 e. The summed E-state index contributed by atoms with van der Waals surface area (Å²) in [7, 11) is 1.53. The molecule has 4 rings (SSSR count). The predicted molar refractivity (Wildman–Crippen MR) is 131 cm³/mol. The summed E-state index contributed by atoms with van der Waals surface area (Å²) >= 11 is 0. The van der Waals surface area contributed by atoms with Gasteiger partial charge in [-0.1, -0.05) is 6.07 Å². The van der Waals surface area contributed by atoms with Crippen molar-refractivity contribution in [2.75, 3.05) is 20.2 Å². The summed E-state index contributed by atoms with van der Waals surface area (Å²) in [6.45, 7) is 6.25. The van der Waals surface area contributed by atoms with Gasteiger partial charge < -0.3 is 23.8 Å². The smallest absolute Gasteiger partial charge is 0.481 e. The van der Waals surface area contributed by atoms with E-state index in [-0.39, 0.29) is 23.8 Å². The first-order chi connectivity index (χ1) is 17.8. The van der Waals surface area contributed by atoms with Crippen LogP contribution in [0.1, 0.15) is 32.3 Å². The molecule has 2 aromatic heterocycles. The van der Waals surface area contributed by atoms with Crippen molar-refractivity contribution in [3.8, 4) is 34.5 Å². The number of hydrogen-bond donors (Lipinski definition) is 0. The fourth-order valence-corrected chi connectivity index (χ4v) is 3.70. The van der Waals surface area contributed by atoms with Gasteiger partial charge in [-0.25, -0.2) is 24.1 Å². The van der Waals surface area contributed by atoms with E-state index in [2.05, 4.69) is 15.0 Å². The first-order valence-corrected chi connectivity index (χ1v) is 11.9. The van der Waals surface area contributed by atoms with E-state index in [4.69, 9.17) is 23.8 Å². The molecule has 0 radical (unpaired) electrons.